The third kappa shape index (κ3) is 3.44. The number of hydrazone groups is 1. The standard InChI is InChI=1S/C19H17BrN2O3/c1-3-25-17-11-13(10-16(20)18(17)23)9-15-12(2)21-22(19(15)24)14-7-5-4-6-8-14/h4-11,23H,3H2,1-2H3/b15-9+. The van der Waals surface area contributed by atoms with Crippen LogP contribution in [0.5, 0.6) is 11.5 Å². The maximum atomic E-state index is 12.7. The van der Waals surface area contributed by atoms with E-state index in [0.717, 1.165) is 11.3 Å². The molecule has 5 nitrogen and oxygen atoms in total. The van der Waals surface area contributed by atoms with E-state index in [1.165, 1.54) is 5.01 Å². The van der Waals surface area contributed by atoms with Crippen LogP contribution in [0.2, 0.25) is 0 Å². The van der Waals surface area contributed by atoms with Crippen LogP contribution in [0, 0.1) is 0 Å². The van der Waals surface area contributed by atoms with Crippen molar-refractivity contribution in [2.75, 3.05) is 11.6 Å². The Bertz CT molecular complexity index is 876. The lowest BCUT2D eigenvalue weighted by atomic mass is 10.1. The number of phenolic OH excluding ortho intramolecular Hbond substituents is 1. The molecule has 25 heavy (non-hydrogen) atoms. The van der Waals surface area contributed by atoms with Gasteiger partial charge in [-0.15, -0.1) is 0 Å². The fourth-order valence-electron chi connectivity index (χ4n) is 2.54. The molecule has 0 bridgehead atoms. The first-order valence-corrected chi connectivity index (χ1v) is 8.62. The highest BCUT2D eigenvalue weighted by atomic mass is 79.9. The van der Waals surface area contributed by atoms with E-state index >= 15 is 0 Å². The molecule has 1 aliphatic rings. The van der Waals surface area contributed by atoms with Crippen molar-refractivity contribution in [3.8, 4) is 11.5 Å². The smallest absolute Gasteiger partial charge is 0.280 e. The van der Waals surface area contributed by atoms with E-state index in [9.17, 15) is 9.90 Å². The van der Waals surface area contributed by atoms with Crippen LogP contribution in [0.25, 0.3) is 6.08 Å². The molecule has 0 aliphatic carbocycles. The molecule has 0 atom stereocenters. The van der Waals surface area contributed by atoms with E-state index in [1.54, 1.807) is 25.1 Å². The Balaban J connectivity index is 1.97. The van der Waals surface area contributed by atoms with Gasteiger partial charge in [0.2, 0.25) is 0 Å². The van der Waals surface area contributed by atoms with Crippen LogP contribution in [0.1, 0.15) is 19.4 Å². The van der Waals surface area contributed by atoms with Gasteiger partial charge in [-0.05, 0) is 65.7 Å². The molecule has 2 aromatic rings. The number of anilines is 1. The van der Waals surface area contributed by atoms with Gasteiger partial charge in [0, 0.05) is 0 Å². The molecule has 0 aromatic heterocycles. The maximum absolute atomic E-state index is 12.7. The van der Waals surface area contributed by atoms with Crippen LogP contribution in [0.4, 0.5) is 5.69 Å². The highest BCUT2D eigenvalue weighted by Gasteiger charge is 2.28. The molecule has 1 amide bonds. The third-order valence-corrected chi connectivity index (χ3v) is 4.33. The summed E-state index contributed by atoms with van der Waals surface area (Å²) in [4.78, 5) is 12.7. The van der Waals surface area contributed by atoms with Crippen LogP contribution in [0.15, 0.2) is 57.6 Å². The number of ether oxygens (including phenoxy) is 1. The first-order chi connectivity index (χ1) is 12.0. The van der Waals surface area contributed by atoms with Gasteiger partial charge in [0.25, 0.3) is 5.91 Å². The van der Waals surface area contributed by atoms with Crippen LogP contribution >= 0.6 is 15.9 Å². The van der Waals surface area contributed by atoms with Crippen molar-refractivity contribution in [1.29, 1.82) is 0 Å². The number of hydrogen-bond acceptors (Lipinski definition) is 4. The topological polar surface area (TPSA) is 62.1 Å². The Labute approximate surface area is 154 Å². The van der Waals surface area contributed by atoms with Crippen molar-refractivity contribution in [3.63, 3.8) is 0 Å². The number of rotatable bonds is 4. The molecule has 0 fully saturated rings. The largest absolute Gasteiger partial charge is 0.503 e. The second-order valence-electron chi connectivity index (χ2n) is 5.48. The van der Waals surface area contributed by atoms with Crippen molar-refractivity contribution in [2.24, 2.45) is 5.10 Å². The number of amides is 1. The van der Waals surface area contributed by atoms with Gasteiger partial charge >= 0.3 is 0 Å². The Morgan fingerprint density at radius 3 is 2.68 bits per heavy atom. The molecular weight excluding hydrogens is 384 g/mol. The normalized spacial score (nSPS) is 15.6. The summed E-state index contributed by atoms with van der Waals surface area (Å²) in [6, 6.07) is 12.7. The zero-order valence-corrected chi connectivity index (χ0v) is 15.4. The molecule has 1 heterocycles. The Hall–Kier alpha value is -2.60. The van der Waals surface area contributed by atoms with Gasteiger partial charge < -0.3 is 9.84 Å². The lowest BCUT2D eigenvalue weighted by molar-refractivity contribution is -0.114. The summed E-state index contributed by atoms with van der Waals surface area (Å²) in [5.74, 6) is 0.215. The van der Waals surface area contributed by atoms with Crippen molar-refractivity contribution in [2.45, 2.75) is 13.8 Å². The monoisotopic (exact) mass is 400 g/mol. The quantitative estimate of drug-likeness (QED) is 0.775. The Kier molecular flexibility index (Phi) is 4.90. The second-order valence-corrected chi connectivity index (χ2v) is 6.33. The predicted molar refractivity (Wildman–Crippen MR) is 102 cm³/mol. The van der Waals surface area contributed by atoms with Gasteiger partial charge in [0.1, 0.15) is 0 Å². The molecule has 0 saturated heterocycles. The van der Waals surface area contributed by atoms with Gasteiger partial charge in [-0.2, -0.15) is 10.1 Å². The average Bonchev–Trinajstić information content (AvgIpc) is 2.88. The Morgan fingerprint density at radius 2 is 2.00 bits per heavy atom. The predicted octanol–water partition coefficient (Wildman–Crippen LogP) is 4.36. The van der Waals surface area contributed by atoms with Crippen LogP contribution in [-0.4, -0.2) is 23.3 Å². The second kappa shape index (κ2) is 7.11. The molecule has 1 aliphatic heterocycles. The van der Waals surface area contributed by atoms with Gasteiger partial charge in [-0.1, -0.05) is 18.2 Å². The molecule has 0 saturated carbocycles. The van der Waals surface area contributed by atoms with Crippen LogP contribution < -0.4 is 9.75 Å². The van der Waals surface area contributed by atoms with Gasteiger partial charge in [0.15, 0.2) is 11.5 Å². The van der Waals surface area contributed by atoms with Crippen molar-refractivity contribution >= 4 is 39.3 Å². The van der Waals surface area contributed by atoms with Crippen molar-refractivity contribution in [1.82, 2.24) is 0 Å². The summed E-state index contributed by atoms with van der Waals surface area (Å²) in [5.41, 5.74) is 2.60. The summed E-state index contributed by atoms with van der Waals surface area (Å²) < 4.78 is 5.94. The molecule has 3 rings (SSSR count). The molecule has 6 heteroatoms. The van der Waals surface area contributed by atoms with E-state index < -0.39 is 0 Å². The first-order valence-electron chi connectivity index (χ1n) is 7.83. The minimum absolute atomic E-state index is 0.0399. The Morgan fingerprint density at radius 1 is 1.28 bits per heavy atom. The van der Waals surface area contributed by atoms with Crippen LogP contribution in [0.3, 0.4) is 0 Å². The van der Waals surface area contributed by atoms with Crippen LogP contribution in [-0.2, 0) is 4.79 Å². The number of nitrogens with zero attached hydrogens (tertiary/aromatic N) is 2. The lowest BCUT2D eigenvalue weighted by Gasteiger charge is -2.11. The van der Waals surface area contributed by atoms with E-state index in [0.29, 0.717) is 28.1 Å². The number of aromatic hydroxyl groups is 1. The fourth-order valence-corrected chi connectivity index (χ4v) is 3.00. The first kappa shape index (κ1) is 17.2. The van der Waals surface area contributed by atoms with Gasteiger partial charge in [-0.25, -0.2) is 0 Å². The number of benzene rings is 2. The number of carbonyl (C=O) groups excluding carboxylic acids is 1. The lowest BCUT2D eigenvalue weighted by Crippen LogP contribution is -2.21. The molecule has 0 radical (unpaired) electrons. The summed E-state index contributed by atoms with van der Waals surface area (Å²) in [6.07, 6.45) is 1.75. The van der Waals surface area contributed by atoms with Crippen molar-refractivity contribution in [3.05, 3.63) is 58.1 Å². The van der Waals surface area contributed by atoms with E-state index in [-0.39, 0.29) is 11.7 Å². The maximum Gasteiger partial charge on any atom is 0.280 e. The zero-order chi connectivity index (χ0) is 18.0. The number of halogens is 1. The van der Waals surface area contributed by atoms with E-state index in [2.05, 4.69) is 21.0 Å². The zero-order valence-electron chi connectivity index (χ0n) is 13.9. The number of para-hydroxylation sites is 1. The summed E-state index contributed by atoms with van der Waals surface area (Å²) >= 11 is 3.31. The highest BCUT2D eigenvalue weighted by molar-refractivity contribution is 9.10. The van der Waals surface area contributed by atoms with Gasteiger partial charge in [0.05, 0.1) is 28.1 Å². The number of hydrogen-bond donors (Lipinski definition) is 1. The van der Waals surface area contributed by atoms with E-state index in [4.69, 9.17) is 4.74 Å². The van der Waals surface area contributed by atoms with Crippen molar-refractivity contribution < 1.29 is 14.6 Å². The summed E-state index contributed by atoms with van der Waals surface area (Å²) in [6.45, 7) is 4.07. The molecular formula is C19H17BrN2O3. The molecule has 128 valence electrons. The molecule has 2 aromatic carbocycles. The van der Waals surface area contributed by atoms with E-state index in [1.807, 2.05) is 37.3 Å². The minimum Gasteiger partial charge on any atom is -0.503 e. The summed E-state index contributed by atoms with van der Waals surface area (Å²) in [5, 5.41) is 15.8. The number of carbonyl (C=O) groups is 1. The fraction of sp³-hybridized carbons (Fsp3) is 0.158. The highest BCUT2D eigenvalue weighted by Crippen LogP contribution is 2.36. The molecule has 1 N–H and O–H groups in total. The SMILES string of the molecule is CCOc1cc(/C=C2/C(=O)N(c3ccccc3)N=C2C)cc(Br)c1O. The molecule has 0 unspecified atom stereocenters. The third-order valence-electron chi connectivity index (χ3n) is 3.72. The number of phenols is 1. The average molecular weight is 401 g/mol. The minimum atomic E-state index is -0.189. The summed E-state index contributed by atoms with van der Waals surface area (Å²) in [7, 11) is 0. The van der Waals surface area contributed by atoms with Gasteiger partial charge in [-0.3, -0.25) is 4.79 Å². The molecule has 0 spiro atoms.